The van der Waals surface area contributed by atoms with Crippen LogP contribution in [0.2, 0.25) is 5.02 Å². The Morgan fingerprint density at radius 2 is 1.75 bits per heavy atom. The van der Waals surface area contributed by atoms with Crippen LogP contribution in [-0.4, -0.2) is 0 Å². The predicted molar refractivity (Wildman–Crippen MR) is 60.3 cm³/mol. The van der Waals surface area contributed by atoms with Crippen LogP contribution in [-0.2, 0) is 5.54 Å². The van der Waals surface area contributed by atoms with Crippen molar-refractivity contribution in [3.05, 3.63) is 34.4 Å². The van der Waals surface area contributed by atoms with Crippen molar-refractivity contribution in [1.29, 1.82) is 0 Å². The number of hydrogen-bond acceptors (Lipinski definition) is 1. The van der Waals surface area contributed by atoms with E-state index in [1.807, 2.05) is 0 Å². The van der Waals surface area contributed by atoms with Gasteiger partial charge in [0.2, 0.25) is 0 Å². The maximum Gasteiger partial charge on any atom is 0.177 e. The van der Waals surface area contributed by atoms with Crippen LogP contribution in [0.5, 0.6) is 0 Å². The van der Waals surface area contributed by atoms with Crippen LogP contribution in [0.1, 0.15) is 37.7 Å². The van der Waals surface area contributed by atoms with E-state index < -0.39 is 17.2 Å². The molecule has 4 heteroatoms. The molecule has 1 saturated carbocycles. The topological polar surface area (TPSA) is 26.0 Å². The summed E-state index contributed by atoms with van der Waals surface area (Å²) in [7, 11) is 0. The van der Waals surface area contributed by atoms with E-state index in [-0.39, 0.29) is 5.02 Å². The highest BCUT2D eigenvalue weighted by Gasteiger charge is 2.30. The lowest BCUT2D eigenvalue weighted by atomic mass is 9.77. The van der Waals surface area contributed by atoms with Crippen molar-refractivity contribution in [3.63, 3.8) is 0 Å². The molecule has 0 heterocycles. The molecule has 0 atom stereocenters. The molecule has 1 aliphatic carbocycles. The Hall–Kier alpha value is -0.670. The van der Waals surface area contributed by atoms with Crippen molar-refractivity contribution >= 4 is 11.6 Å². The number of rotatable bonds is 1. The van der Waals surface area contributed by atoms with Gasteiger partial charge in [-0.3, -0.25) is 0 Å². The van der Waals surface area contributed by atoms with Crippen molar-refractivity contribution in [2.24, 2.45) is 5.73 Å². The normalized spacial score (nSPS) is 19.8. The number of benzene rings is 1. The largest absolute Gasteiger partial charge is 0.321 e. The fourth-order valence-corrected chi connectivity index (χ4v) is 2.52. The van der Waals surface area contributed by atoms with Crippen LogP contribution < -0.4 is 5.73 Å². The van der Waals surface area contributed by atoms with E-state index >= 15 is 0 Å². The number of halogens is 3. The Bertz CT molecular complexity index is 377. The monoisotopic (exact) mass is 245 g/mol. The van der Waals surface area contributed by atoms with Gasteiger partial charge in [-0.05, 0) is 30.5 Å². The van der Waals surface area contributed by atoms with Crippen molar-refractivity contribution in [3.8, 4) is 0 Å². The smallest absolute Gasteiger partial charge is 0.177 e. The molecule has 2 rings (SSSR count). The first-order valence-corrected chi connectivity index (χ1v) is 5.85. The highest BCUT2D eigenvalue weighted by Crippen LogP contribution is 2.36. The maximum atomic E-state index is 13.3. The van der Waals surface area contributed by atoms with Gasteiger partial charge in [0.05, 0.1) is 5.02 Å². The van der Waals surface area contributed by atoms with E-state index in [1.54, 1.807) is 0 Å². The van der Waals surface area contributed by atoms with Crippen LogP contribution in [0, 0.1) is 11.6 Å². The molecule has 0 aromatic heterocycles. The molecule has 1 aromatic carbocycles. The zero-order chi connectivity index (χ0) is 11.8. The Balaban J connectivity index is 2.39. The molecule has 0 saturated heterocycles. The quantitative estimate of drug-likeness (QED) is 0.750. The van der Waals surface area contributed by atoms with Crippen molar-refractivity contribution in [1.82, 2.24) is 0 Å². The average Bonchev–Trinajstić information content (AvgIpc) is 2.26. The molecule has 0 radical (unpaired) electrons. The lowest BCUT2D eigenvalue weighted by Crippen LogP contribution is -2.38. The SMILES string of the molecule is NC1(c2cc(F)c(F)c(Cl)c2)CCCCC1. The molecule has 1 aromatic rings. The third-order valence-corrected chi connectivity index (χ3v) is 3.58. The van der Waals surface area contributed by atoms with Crippen LogP contribution in [0.3, 0.4) is 0 Å². The molecule has 0 aliphatic heterocycles. The highest BCUT2D eigenvalue weighted by molar-refractivity contribution is 6.30. The standard InChI is InChI=1S/C12H14ClF2N/c13-9-6-8(7-10(14)11(9)15)12(16)4-2-1-3-5-12/h6-7H,1-5,16H2. The fraction of sp³-hybridized carbons (Fsp3) is 0.500. The molecule has 16 heavy (non-hydrogen) atoms. The van der Waals surface area contributed by atoms with Crippen LogP contribution in [0.4, 0.5) is 8.78 Å². The second-order valence-corrected chi connectivity index (χ2v) is 4.88. The van der Waals surface area contributed by atoms with Gasteiger partial charge in [0.25, 0.3) is 0 Å². The third-order valence-electron chi connectivity index (χ3n) is 3.30. The predicted octanol–water partition coefficient (Wildman–Crippen LogP) is 3.74. The molecule has 1 aliphatic rings. The van der Waals surface area contributed by atoms with E-state index in [9.17, 15) is 8.78 Å². The minimum Gasteiger partial charge on any atom is -0.321 e. The summed E-state index contributed by atoms with van der Waals surface area (Å²) in [6.45, 7) is 0. The summed E-state index contributed by atoms with van der Waals surface area (Å²) in [5, 5.41) is -0.189. The Labute approximate surface area is 98.6 Å². The van der Waals surface area contributed by atoms with Gasteiger partial charge in [-0.15, -0.1) is 0 Å². The van der Waals surface area contributed by atoms with Crippen LogP contribution in [0.15, 0.2) is 12.1 Å². The van der Waals surface area contributed by atoms with E-state index in [0.717, 1.165) is 32.1 Å². The van der Waals surface area contributed by atoms with Gasteiger partial charge in [0, 0.05) is 5.54 Å². The van der Waals surface area contributed by atoms with Crippen molar-refractivity contribution in [2.45, 2.75) is 37.6 Å². The lowest BCUT2D eigenvalue weighted by molar-refractivity contribution is 0.300. The number of nitrogens with two attached hydrogens (primary N) is 1. The van der Waals surface area contributed by atoms with E-state index in [0.29, 0.717) is 5.56 Å². The molecule has 0 unspecified atom stereocenters. The Morgan fingerprint density at radius 1 is 1.12 bits per heavy atom. The first-order chi connectivity index (χ1) is 7.53. The summed E-state index contributed by atoms with van der Waals surface area (Å²) in [5.74, 6) is -1.91. The lowest BCUT2D eigenvalue weighted by Gasteiger charge is -2.34. The second-order valence-electron chi connectivity index (χ2n) is 4.47. The Kier molecular flexibility index (Phi) is 3.17. The van der Waals surface area contributed by atoms with Gasteiger partial charge < -0.3 is 5.73 Å². The first kappa shape index (κ1) is 11.8. The summed E-state index contributed by atoms with van der Waals surface area (Å²) in [5.41, 5.74) is 6.28. The van der Waals surface area contributed by atoms with E-state index in [1.165, 1.54) is 12.1 Å². The summed E-state index contributed by atoms with van der Waals surface area (Å²) in [6, 6.07) is 2.62. The van der Waals surface area contributed by atoms with Crippen LogP contribution in [0.25, 0.3) is 0 Å². The van der Waals surface area contributed by atoms with Crippen molar-refractivity contribution < 1.29 is 8.78 Å². The van der Waals surface area contributed by atoms with Gasteiger partial charge in [-0.2, -0.15) is 0 Å². The molecule has 1 nitrogen and oxygen atoms in total. The summed E-state index contributed by atoms with van der Waals surface area (Å²) in [4.78, 5) is 0. The molecule has 0 amide bonds. The molecule has 88 valence electrons. The zero-order valence-corrected chi connectivity index (χ0v) is 9.66. The molecule has 0 spiro atoms. The first-order valence-electron chi connectivity index (χ1n) is 5.47. The summed E-state index contributed by atoms with van der Waals surface area (Å²) >= 11 is 5.63. The third kappa shape index (κ3) is 2.06. The molecular formula is C12H14ClF2N. The second kappa shape index (κ2) is 4.30. The molecular weight excluding hydrogens is 232 g/mol. The van der Waals surface area contributed by atoms with Gasteiger partial charge in [0.1, 0.15) is 0 Å². The van der Waals surface area contributed by atoms with E-state index in [4.69, 9.17) is 17.3 Å². The Morgan fingerprint density at radius 3 is 2.31 bits per heavy atom. The van der Waals surface area contributed by atoms with Gasteiger partial charge >= 0.3 is 0 Å². The van der Waals surface area contributed by atoms with Gasteiger partial charge in [0.15, 0.2) is 11.6 Å². The van der Waals surface area contributed by atoms with Gasteiger partial charge in [-0.25, -0.2) is 8.78 Å². The summed E-state index contributed by atoms with van der Waals surface area (Å²) < 4.78 is 26.3. The minimum atomic E-state index is -0.996. The van der Waals surface area contributed by atoms with Crippen LogP contribution >= 0.6 is 11.6 Å². The average molecular weight is 246 g/mol. The number of hydrogen-bond donors (Lipinski definition) is 1. The van der Waals surface area contributed by atoms with Crippen molar-refractivity contribution in [2.75, 3.05) is 0 Å². The fourth-order valence-electron chi connectivity index (χ4n) is 2.31. The molecule has 0 bridgehead atoms. The van der Waals surface area contributed by atoms with E-state index in [2.05, 4.69) is 0 Å². The highest BCUT2D eigenvalue weighted by atomic mass is 35.5. The van der Waals surface area contributed by atoms with Gasteiger partial charge in [-0.1, -0.05) is 30.9 Å². The summed E-state index contributed by atoms with van der Waals surface area (Å²) in [6.07, 6.45) is 4.79. The zero-order valence-electron chi connectivity index (χ0n) is 8.90. The molecule has 1 fully saturated rings. The molecule has 2 N–H and O–H groups in total. The maximum absolute atomic E-state index is 13.3. The minimum absolute atomic E-state index is 0.189.